The number of aryl methyl sites for hydroxylation is 1. The van der Waals surface area contributed by atoms with Crippen molar-refractivity contribution in [3.8, 4) is 0 Å². The van der Waals surface area contributed by atoms with Crippen LogP contribution in [0.3, 0.4) is 0 Å². The van der Waals surface area contributed by atoms with Crippen molar-refractivity contribution >= 4 is 5.91 Å². The topological polar surface area (TPSA) is 38.8 Å². The number of nitrogens with zero attached hydrogens (tertiary/aromatic N) is 1. The summed E-state index contributed by atoms with van der Waals surface area (Å²) >= 11 is 0. The Hall–Kier alpha value is -1.39. The minimum atomic E-state index is -0.297. The summed E-state index contributed by atoms with van der Waals surface area (Å²) in [5, 5.41) is 0. The van der Waals surface area contributed by atoms with Crippen molar-refractivity contribution in [2.24, 2.45) is 11.8 Å². The molecule has 1 aromatic rings. The molecule has 1 atom stereocenters. The van der Waals surface area contributed by atoms with Gasteiger partial charge in [-0.05, 0) is 75.7 Å². The molecule has 2 heterocycles. The lowest BCUT2D eigenvalue weighted by Crippen LogP contribution is -2.60. The van der Waals surface area contributed by atoms with Gasteiger partial charge in [0.2, 0.25) is 0 Å². The van der Waals surface area contributed by atoms with Crippen molar-refractivity contribution in [1.82, 2.24) is 4.90 Å². The van der Waals surface area contributed by atoms with Crippen molar-refractivity contribution in [3.63, 3.8) is 0 Å². The van der Waals surface area contributed by atoms with Crippen molar-refractivity contribution < 1.29 is 14.3 Å². The lowest BCUT2D eigenvalue weighted by molar-refractivity contribution is -0.190. The highest BCUT2D eigenvalue weighted by Crippen LogP contribution is 2.40. The molecule has 154 valence electrons. The van der Waals surface area contributed by atoms with Crippen LogP contribution in [0.2, 0.25) is 0 Å². The van der Waals surface area contributed by atoms with Crippen LogP contribution in [0.25, 0.3) is 0 Å². The predicted octanol–water partition coefficient (Wildman–Crippen LogP) is 4.22. The van der Waals surface area contributed by atoms with E-state index in [9.17, 15) is 4.79 Å². The SMILES string of the molecule is CC1OC2(CCC(CCc3ccccc3)CC2)CN(CC2CCOCC2)C1=O. The van der Waals surface area contributed by atoms with Crippen LogP contribution in [0.15, 0.2) is 30.3 Å². The van der Waals surface area contributed by atoms with Crippen LogP contribution in [0.4, 0.5) is 0 Å². The zero-order valence-corrected chi connectivity index (χ0v) is 17.3. The van der Waals surface area contributed by atoms with Gasteiger partial charge < -0.3 is 14.4 Å². The molecule has 3 aliphatic rings. The molecule has 2 saturated heterocycles. The van der Waals surface area contributed by atoms with Crippen LogP contribution >= 0.6 is 0 Å². The van der Waals surface area contributed by atoms with Gasteiger partial charge in [-0.15, -0.1) is 0 Å². The highest BCUT2D eigenvalue weighted by Gasteiger charge is 2.45. The van der Waals surface area contributed by atoms with Crippen LogP contribution in [0, 0.1) is 11.8 Å². The number of ether oxygens (including phenoxy) is 2. The van der Waals surface area contributed by atoms with E-state index >= 15 is 0 Å². The number of amides is 1. The lowest BCUT2D eigenvalue weighted by Gasteiger charge is -2.49. The number of morpholine rings is 1. The van der Waals surface area contributed by atoms with Crippen LogP contribution in [-0.2, 0) is 20.7 Å². The Kier molecular flexibility index (Phi) is 6.37. The summed E-state index contributed by atoms with van der Waals surface area (Å²) in [6.45, 7) is 5.30. The number of hydrogen-bond acceptors (Lipinski definition) is 3. The average molecular weight is 386 g/mol. The maximum absolute atomic E-state index is 12.7. The molecule has 2 aliphatic heterocycles. The Morgan fingerprint density at radius 1 is 1.04 bits per heavy atom. The first kappa shape index (κ1) is 19.9. The first-order valence-electron chi connectivity index (χ1n) is 11.2. The normalized spacial score (nSPS) is 32.0. The van der Waals surface area contributed by atoms with Crippen LogP contribution < -0.4 is 0 Å². The standard InChI is InChI=1S/C24H35NO3/c1-19-23(26)25(17-22-11-15-27-16-12-22)18-24(28-19)13-9-21(10-14-24)8-7-20-5-3-2-4-6-20/h2-6,19,21-22H,7-18H2,1H3. The van der Waals surface area contributed by atoms with Crippen molar-refractivity contribution in [2.75, 3.05) is 26.3 Å². The molecule has 3 fully saturated rings. The number of carbonyl (C=O) groups excluding carboxylic acids is 1. The summed E-state index contributed by atoms with van der Waals surface area (Å²) in [6, 6.07) is 10.8. The zero-order valence-electron chi connectivity index (χ0n) is 17.3. The van der Waals surface area contributed by atoms with E-state index in [1.165, 1.54) is 31.2 Å². The van der Waals surface area contributed by atoms with E-state index in [4.69, 9.17) is 9.47 Å². The summed E-state index contributed by atoms with van der Waals surface area (Å²) in [4.78, 5) is 14.8. The molecule has 0 bridgehead atoms. The van der Waals surface area contributed by atoms with E-state index in [2.05, 4.69) is 35.2 Å². The second-order valence-electron chi connectivity index (χ2n) is 9.19. The van der Waals surface area contributed by atoms with Crippen LogP contribution in [0.1, 0.15) is 57.4 Å². The quantitative estimate of drug-likeness (QED) is 0.762. The van der Waals surface area contributed by atoms with E-state index in [0.717, 1.165) is 57.9 Å². The summed E-state index contributed by atoms with van der Waals surface area (Å²) in [5.41, 5.74) is 1.33. The van der Waals surface area contributed by atoms with E-state index in [1.54, 1.807) is 0 Å². The van der Waals surface area contributed by atoms with Crippen molar-refractivity contribution in [1.29, 1.82) is 0 Å². The molecule has 1 amide bonds. The van der Waals surface area contributed by atoms with Gasteiger partial charge >= 0.3 is 0 Å². The molecule has 1 aromatic carbocycles. The monoisotopic (exact) mass is 385 g/mol. The van der Waals surface area contributed by atoms with Gasteiger partial charge in [0.25, 0.3) is 5.91 Å². The second-order valence-corrected chi connectivity index (χ2v) is 9.19. The summed E-state index contributed by atoms with van der Waals surface area (Å²) in [7, 11) is 0. The Morgan fingerprint density at radius 2 is 1.75 bits per heavy atom. The largest absolute Gasteiger partial charge is 0.381 e. The predicted molar refractivity (Wildman–Crippen MR) is 110 cm³/mol. The number of benzene rings is 1. The molecule has 0 radical (unpaired) electrons. The van der Waals surface area contributed by atoms with Crippen LogP contribution in [-0.4, -0.2) is 48.8 Å². The Bertz CT molecular complexity index is 633. The van der Waals surface area contributed by atoms with Gasteiger partial charge in [-0.1, -0.05) is 30.3 Å². The highest BCUT2D eigenvalue weighted by molar-refractivity contribution is 5.81. The fourth-order valence-electron chi connectivity index (χ4n) is 5.32. The zero-order chi connectivity index (χ0) is 19.4. The minimum Gasteiger partial charge on any atom is -0.381 e. The Balaban J connectivity index is 1.31. The number of hydrogen-bond donors (Lipinski definition) is 0. The maximum atomic E-state index is 12.7. The third-order valence-electron chi connectivity index (χ3n) is 7.09. The van der Waals surface area contributed by atoms with Gasteiger partial charge in [0.1, 0.15) is 6.10 Å². The van der Waals surface area contributed by atoms with Gasteiger partial charge in [0.05, 0.1) is 5.60 Å². The number of carbonyl (C=O) groups is 1. The van der Waals surface area contributed by atoms with Gasteiger partial charge in [-0.3, -0.25) is 4.79 Å². The van der Waals surface area contributed by atoms with E-state index < -0.39 is 0 Å². The van der Waals surface area contributed by atoms with Gasteiger partial charge in [-0.25, -0.2) is 0 Å². The highest BCUT2D eigenvalue weighted by atomic mass is 16.5. The summed E-state index contributed by atoms with van der Waals surface area (Å²) in [5.74, 6) is 1.55. The van der Waals surface area contributed by atoms with E-state index in [1.807, 2.05) is 6.92 Å². The molecule has 1 unspecified atom stereocenters. The molecule has 4 nitrogen and oxygen atoms in total. The lowest BCUT2D eigenvalue weighted by atomic mass is 9.75. The second kappa shape index (κ2) is 8.96. The molecule has 0 N–H and O–H groups in total. The molecule has 28 heavy (non-hydrogen) atoms. The molecule has 1 saturated carbocycles. The van der Waals surface area contributed by atoms with E-state index in [0.29, 0.717) is 5.92 Å². The Labute approximate surface area is 169 Å². The smallest absolute Gasteiger partial charge is 0.251 e. The molecular formula is C24H35NO3. The first-order chi connectivity index (χ1) is 13.6. The van der Waals surface area contributed by atoms with Gasteiger partial charge in [0, 0.05) is 26.3 Å². The summed E-state index contributed by atoms with van der Waals surface area (Å²) < 4.78 is 11.8. The molecule has 4 rings (SSSR count). The van der Waals surface area contributed by atoms with Crippen LogP contribution in [0.5, 0.6) is 0 Å². The fraction of sp³-hybridized carbons (Fsp3) is 0.708. The third-order valence-corrected chi connectivity index (χ3v) is 7.09. The first-order valence-corrected chi connectivity index (χ1v) is 11.2. The minimum absolute atomic E-state index is 0.109. The van der Waals surface area contributed by atoms with E-state index in [-0.39, 0.29) is 17.6 Å². The molecule has 0 aromatic heterocycles. The van der Waals surface area contributed by atoms with Crippen molar-refractivity contribution in [3.05, 3.63) is 35.9 Å². The maximum Gasteiger partial charge on any atom is 0.251 e. The summed E-state index contributed by atoms with van der Waals surface area (Å²) in [6.07, 6.45) is 8.92. The molecule has 4 heteroatoms. The fourth-order valence-corrected chi connectivity index (χ4v) is 5.32. The Morgan fingerprint density at radius 3 is 2.46 bits per heavy atom. The number of rotatable bonds is 5. The third kappa shape index (κ3) is 4.77. The molecule has 1 spiro atoms. The van der Waals surface area contributed by atoms with Gasteiger partial charge in [0.15, 0.2) is 0 Å². The van der Waals surface area contributed by atoms with Gasteiger partial charge in [-0.2, -0.15) is 0 Å². The molecular weight excluding hydrogens is 350 g/mol. The molecule has 1 aliphatic carbocycles. The average Bonchev–Trinajstić information content (AvgIpc) is 2.73. The van der Waals surface area contributed by atoms with Crippen molar-refractivity contribution in [2.45, 2.75) is 70.0 Å².